The van der Waals surface area contributed by atoms with Crippen LogP contribution >= 0.6 is 11.8 Å². The molecule has 0 spiro atoms. The van der Waals surface area contributed by atoms with Crippen LogP contribution in [0.5, 0.6) is 0 Å². The van der Waals surface area contributed by atoms with E-state index in [-0.39, 0.29) is 5.78 Å². The molecule has 1 aliphatic rings. The third-order valence-electron chi connectivity index (χ3n) is 2.70. The summed E-state index contributed by atoms with van der Waals surface area (Å²) in [5, 5.41) is 0. The van der Waals surface area contributed by atoms with Crippen molar-refractivity contribution >= 4 is 23.4 Å². The predicted molar refractivity (Wildman–Crippen MR) is 68.4 cm³/mol. The summed E-state index contributed by atoms with van der Waals surface area (Å²) >= 11 is 2.00. The van der Waals surface area contributed by atoms with E-state index >= 15 is 0 Å². The van der Waals surface area contributed by atoms with E-state index in [0.717, 1.165) is 24.7 Å². The standard InChI is InChI=1S/C12H16N2OS/c1-10(15)11-3-4-12(13-9-11)14-5-2-7-16-8-6-14/h3-4,9H,2,5-8H2,1H3. The van der Waals surface area contributed by atoms with Gasteiger partial charge in [0.05, 0.1) is 0 Å². The van der Waals surface area contributed by atoms with Crippen molar-refractivity contribution in [3.63, 3.8) is 0 Å². The molecule has 0 aliphatic carbocycles. The summed E-state index contributed by atoms with van der Waals surface area (Å²) in [5.41, 5.74) is 0.688. The van der Waals surface area contributed by atoms with E-state index in [9.17, 15) is 4.79 Å². The van der Waals surface area contributed by atoms with Gasteiger partial charge in [0.1, 0.15) is 5.82 Å². The van der Waals surface area contributed by atoms with Crippen molar-refractivity contribution in [3.8, 4) is 0 Å². The van der Waals surface area contributed by atoms with Crippen molar-refractivity contribution in [3.05, 3.63) is 23.9 Å². The minimum Gasteiger partial charge on any atom is -0.356 e. The number of carbonyl (C=O) groups is 1. The summed E-state index contributed by atoms with van der Waals surface area (Å²) in [6.07, 6.45) is 2.89. The van der Waals surface area contributed by atoms with Gasteiger partial charge in [0.15, 0.2) is 5.78 Å². The number of nitrogens with zero attached hydrogens (tertiary/aromatic N) is 2. The van der Waals surface area contributed by atoms with Crippen LogP contribution in [-0.2, 0) is 0 Å². The van der Waals surface area contributed by atoms with Gasteiger partial charge in [-0.3, -0.25) is 4.79 Å². The van der Waals surface area contributed by atoms with E-state index in [2.05, 4.69) is 9.88 Å². The zero-order valence-corrected chi connectivity index (χ0v) is 10.3. The summed E-state index contributed by atoms with van der Waals surface area (Å²) in [4.78, 5) is 17.8. The molecule has 0 radical (unpaired) electrons. The van der Waals surface area contributed by atoms with E-state index in [1.807, 2.05) is 23.9 Å². The highest BCUT2D eigenvalue weighted by Crippen LogP contribution is 2.17. The molecule has 1 saturated heterocycles. The van der Waals surface area contributed by atoms with Crippen molar-refractivity contribution in [2.75, 3.05) is 29.5 Å². The van der Waals surface area contributed by atoms with Crippen LogP contribution in [-0.4, -0.2) is 35.4 Å². The van der Waals surface area contributed by atoms with Crippen LogP contribution in [0.4, 0.5) is 5.82 Å². The Morgan fingerprint density at radius 1 is 1.38 bits per heavy atom. The molecule has 0 amide bonds. The molecule has 0 N–H and O–H groups in total. The van der Waals surface area contributed by atoms with Crippen molar-refractivity contribution in [2.24, 2.45) is 0 Å². The molecular formula is C12H16N2OS. The lowest BCUT2D eigenvalue weighted by molar-refractivity contribution is 0.101. The lowest BCUT2D eigenvalue weighted by Crippen LogP contribution is -2.26. The van der Waals surface area contributed by atoms with Crippen LogP contribution in [0.2, 0.25) is 0 Å². The van der Waals surface area contributed by atoms with Gasteiger partial charge in [-0.05, 0) is 31.2 Å². The number of hydrogen-bond donors (Lipinski definition) is 0. The van der Waals surface area contributed by atoms with E-state index in [0.29, 0.717) is 5.56 Å². The van der Waals surface area contributed by atoms with Crippen molar-refractivity contribution < 1.29 is 4.79 Å². The SMILES string of the molecule is CC(=O)c1ccc(N2CCCSCC2)nc1. The van der Waals surface area contributed by atoms with Crippen LogP contribution in [0.1, 0.15) is 23.7 Å². The maximum atomic E-state index is 11.1. The minimum atomic E-state index is 0.0745. The monoisotopic (exact) mass is 236 g/mol. The summed E-state index contributed by atoms with van der Waals surface area (Å²) in [6.45, 7) is 3.69. The molecule has 0 atom stereocenters. The third kappa shape index (κ3) is 2.76. The fourth-order valence-corrected chi connectivity index (χ4v) is 2.64. The lowest BCUT2D eigenvalue weighted by atomic mass is 10.2. The number of rotatable bonds is 2. The van der Waals surface area contributed by atoms with Crippen LogP contribution in [0.25, 0.3) is 0 Å². The largest absolute Gasteiger partial charge is 0.356 e. The number of carbonyl (C=O) groups excluding carboxylic acids is 1. The first kappa shape index (κ1) is 11.5. The molecule has 0 bridgehead atoms. The fraction of sp³-hybridized carbons (Fsp3) is 0.500. The molecule has 16 heavy (non-hydrogen) atoms. The normalized spacial score (nSPS) is 16.9. The number of Topliss-reactive ketones (excluding diaryl/α,β-unsaturated/α-hetero) is 1. The maximum Gasteiger partial charge on any atom is 0.161 e. The predicted octanol–water partition coefficient (Wildman–Crippen LogP) is 2.23. The summed E-state index contributed by atoms with van der Waals surface area (Å²) in [5.74, 6) is 3.47. The smallest absolute Gasteiger partial charge is 0.161 e. The Morgan fingerprint density at radius 3 is 2.94 bits per heavy atom. The Morgan fingerprint density at radius 2 is 2.25 bits per heavy atom. The molecule has 0 unspecified atom stereocenters. The van der Waals surface area contributed by atoms with E-state index in [1.165, 1.54) is 12.2 Å². The first-order valence-electron chi connectivity index (χ1n) is 5.57. The van der Waals surface area contributed by atoms with E-state index in [4.69, 9.17) is 0 Å². The Labute approximate surface area is 100 Å². The number of aromatic nitrogens is 1. The highest BCUT2D eigenvalue weighted by molar-refractivity contribution is 7.99. The van der Waals surface area contributed by atoms with Crippen LogP contribution < -0.4 is 4.90 Å². The van der Waals surface area contributed by atoms with Crippen LogP contribution in [0, 0.1) is 0 Å². The Kier molecular flexibility index (Phi) is 3.83. The number of thioether (sulfide) groups is 1. The second-order valence-corrected chi connectivity index (χ2v) is 5.14. The van der Waals surface area contributed by atoms with Gasteiger partial charge in [0, 0.05) is 30.6 Å². The molecule has 0 aromatic carbocycles. The van der Waals surface area contributed by atoms with Gasteiger partial charge in [0.2, 0.25) is 0 Å². The number of hydrogen-bond acceptors (Lipinski definition) is 4. The van der Waals surface area contributed by atoms with Gasteiger partial charge in [0.25, 0.3) is 0 Å². The molecule has 1 aromatic heterocycles. The van der Waals surface area contributed by atoms with E-state index in [1.54, 1.807) is 13.1 Å². The second kappa shape index (κ2) is 5.34. The minimum absolute atomic E-state index is 0.0745. The van der Waals surface area contributed by atoms with Crippen molar-refractivity contribution in [2.45, 2.75) is 13.3 Å². The number of ketones is 1. The highest BCUT2D eigenvalue weighted by Gasteiger charge is 2.11. The maximum absolute atomic E-state index is 11.1. The zero-order chi connectivity index (χ0) is 11.4. The second-order valence-electron chi connectivity index (χ2n) is 3.91. The van der Waals surface area contributed by atoms with Gasteiger partial charge in [-0.1, -0.05) is 0 Å². The Bertz CT molecular complexity index is 356. The number of pyridine rings is 1. The Hall–Kier alpha value is -1.03. The fourth-order valence-electron chi connectivity index (χ4n) is 1.76. The van der Waals surface area contributed by atoms with Crippen molar-refractivity contribution in [1.29, 1.82) is 0 Å². The highest BCUT2D eigenvalue weighted by atomic mass is 32.2. The molecule has 2 rings (SSSR count). The van der Waals surface area contributed by atoms with Gasteiger partial charge in [-0.25, -0.2) is 4.98 Å². The van der Waals surface area contributed by atoms with Gasteiger partial charge in [-0.15, -0.1) is 0 Å². The van der Waals surface area contributed by atoms with Crippen LogP contribution in [0.15, 0.2) is 18.3 Å². The molecule has 1 aliphatic heterocycles. The molecule has 1 aromatic rings. The number of anilines is 1. The Balaban J connectivity index is 2.10. The van der Waals surface area contributed by atoms with Crippen LogP contribution in [0.3, 0.4) is 0 Å². The quantitative estimate of drug-likeness (QED) is 0.737. The van der Waals surface area contributed by atoms with Crippen molar-refractivity contribution in [1.82, 2.24) is 4.98 Å². The van der Waals surface area contributed by atoms with Gasteiger partial charge >= 0.3 is 0 Å². The average molecular weight is 236 g/mol. The first-order chi connectivity index (χ1) is 7.77. The molecule has 86 valence electrons. The molecular weight excluding hydrogens is 220 g/mol. The molecule has 2 heterocycles. The lowest BCUT2D eigenvalue weighted by Gasteiger charge is -2.20. The summed E-state index contributed by atoms with van der Waals surface area (Å²) < 4.78 is 0. The van der Waals surface area contributed by atoms with Gasteiger partial charge < -0.3 is 4.90 Å². The molecule has 1 fully saturated rings. The molecule has 3 nitrogen and oxygen atoms in total. The topological polar surface area (TPSA) is 33.2 Å². The summed E-state index contributed by atoms with van der Waals surface area (Å²) in [7, 11) is 0. The summed E-state index contributed by atoms with van der Waals surface area (Å²) in [6, 6.07) is 3.81. The first-order valence-corrected chi connectivity index (χ1v) is 6.72. The zero-order valence-electron chi connectivity index (χ0n) is 9.48. The van der Waals surface area contributed by atoms with E-state index < -0.39 is 0 Å². The molecule has 0 saturated carbocycles. The third-order valence-corrected chi connectivity index (χ3v) is 3.75. The average Bonchev–Trinajstić information content (AvgIpc) is 2.57. The van der Waals surface area contributed by atoms with Gasteiger partial charge in [-0.2, -0.15) is 11.8 Å². The molecule has 4 heteroatoms.